The van der Waals surface area contributed by atoms with Crippen LogP contribution in [0.15, 0.2) is 24.3 Å². The summed E-state index contributed by atoms with van der Waals surface area (Å²) in [4.78, 5) is 25.5. The maximum Gasteiger partial charge on any atom is 0.412 e. The van der Waals surface area contributed by atoms with Gasteiger partial charge in [-0.1, -0.05) is 12.1 Å². The first-order chi connectivity index (χ1) is 11.2. The summed E-state index contributed by atoms with van der Waals surface area (Å²) in [5.41, 5.74) is -1.03. The molecule has 6 heteroatoms. The predicted molar refractivity (Wildman–Crippen MR) is 85.8 cm³/mol. The van der Waals surface area contributed by atoms with E-state index in [-0.39, 0.29) is 25.2 Å². The number of ether oxygens (including phenoxy) is 2. The molecule has 1 spiro atoms. The normalized spacial score (nSPS) is 26.8. The highest BCUT2D eigenvalue weighted by molar-refractivity contribution is 6.00. The summed E-state index contributed by atoms with van der Waals surface area (Å²) in [6.07, 6.45) is -1.72. The number of rotatable bonds is 0. The molecule has 2 atom stereocenters. The maximum absolute atomic E-state index is 14.6. The molecule has 0 saturated carbocycles. The van der Waals surface area contributed by atoms with Gasteiger partial charge in [0, 0.05) is 19.4 Å². The van der Waals surface area contributed by atoms with Crippen molar-refractivity contribution in [1.82, 2.24) is 4.90 Å². The molecule has 5 nitrogen and oxygen atoms in total. The lowest BCUT2D eigenvalue weighted by Gasteiger charge is -2.45. The Labute approximate surface area is 140 Å². The Kier molecular flexibility index (Phi) is 4.01. The van der Waals surface area contributed by atoms with Crippen LogP contribution in [0.5, 0.6) is 5.75 Å². The van der Waals surface area contributed by atoms with Crippen LogP contribution in [0.1, 0.15) is 50.4 Å². The van der Waals surface area contributed by atoms with Gasteiger partial charge in [0.25, 0.3) is 0 Å². The Bertz CT molecular complexity index is 669. The summed E-state index contributed by atoms with van der Waals surface area (Å²) in [6.45, 7) is 5.38. The summed E-state index contributed by atoms with van der Waals surface area (Å²) >= 11 is 0. The smallest absolute Gasteiger partial charge is 0.412 e. The molecule has 1 aromatic carbocycles. The number of hydrogen-bond donors (Lipinski definition) is 0. The average molecular weight is 335 g/mol. The highest BCUT2D eigenvalue weighted by Crippen LogP contribution is 2.41. The lowest BCUT2D eigenvalue weighted by molar-refractivity contribution is -0.0752. The van der Waals surface area contributed by atoms with Crippen molar-refractivity contribution in [3.63, 3.8) is 0 Å². The molecule has 130 valence electrons. The van der Waals surface area contributed by atoms with Gasteiger partial charge in [0.15, 0.2) is 12.1 Å². The topological polar surface area (TPSA) is 55.8 Å². The van der Waals surface area contributed by atoms with Crippen molar-refractivity contribution in [3.8, 4) is 5.75 Å². The number of ketones is 1. The van der Waals surface area contributed by atoms with Gasteiger partial charge in [-0.3, -0.25) is 9.69 Å². The van der Waals surface area contributed by atoms with Crippen LogP contribution in [-0.2, 0) is 4.74 Å². The van der Waals surface area contributed by atoms with Gasteiger partial charge in [0.1, 0.15) is 17.0 Å². The lowest BCUT2D eigenvalue weighted by atomic mass is 9.82. The van der Waals surface area contributed by atoms with Gasteiger partial charge < -0.3 is 9.47 Å². The molecule has 0 radical (unpaired) electrons. The molecule has 2 aliphatic heterocycles. The van der Waals surface area contributed by atoms with Gasteiger partial charge in [0.2, 0.25) is 0 Å². The Balaban J connectivity index is 1.74. The Morgan fingerprint density at radius 3 is 2.75 bits per heavy atom. The molecule has 24 heavy (non-hydrogen) atoms. The molecule has 0 bridgehead atoms. The number of halogens is 1. The van der Waals surface area contributed by atoms with Crippen LogP contribution >= 0.6 is 0 Å². The standard InChI is InChI=1S/C18H22FNO4/c1-17(2,3)24-16(22)20-9-8-18(11-15(20)19)10-13(21)12-6-4-5-7-14(12)23-18/h4-7,15H,8-11H2,1-3H3. The lowest BCUT2D eigenvalue weighted by Crippen LogP contribution is -2.56. The number of para-hydroxylation sites is 1. The minimum atomic E-state index is -1.54. The van der Waals surface area contributed by atoms with Gasteiger partial charge >= 0.3 is 6.09 Å². The number of alkyl halides is 1. The van der Waals surface area contributed by atoms with E-state index >= 15 is 0 Å². The van der Waals surface area contributed by atoms with Gasteiger partial charge in [0.05, 0.1) is 12.0 Å². The monoisotopic (exact) mass is 335 g/mol. The van der Waals surface area contributed by atoms with E-state index in [2.05, 4.69) is 0 Å². The van der Waals surface area contributed by atoms with Crippen LogP contribution in [0, 0.1) is 0 Å². The summed E-state index contributed by atoms with van der Waals surface area (Å²) < 4.78 is 25.9. The van der Waals surface area contributed by atoms with Crippen LogP contribution in [0.25, 0.3) is 0 Å². The molecule has 0 N–H and O–H groups in total. The van der Waals surface area contributed by atoms with Crippen molar-refractivity contribution in [3.05, 3.63) is 29.8 Å². The van der Waals surface area contributed by atoms with E-state index in [1.807, 2.05) is 0 Å². The molecule has 2 heterocycles. The fourth-order valence-corrected chi connectivity index (χ4v) is 3.21. The number of carbonyl (C=O) groups excluding carboxylic acids is 2. The number of carbonyl (C=O) groups is 2. The molecule has 2 aliphatic rings. The van der Waals surface area contributed by atoms with E-state index in [4.69, 9.17) is 9.47 Å². The minimum Gasteiger partial charge on any atom is -0.486 e. The predicted octanol–water partition coefficient (Wildman–Crippen LogP) is 3.72. The summed E-state index contributed by atoms with van der Waals surface area (Å²) in [7, 11) is 0. The summed E-state index contributed by atoms with van der Waals surface area (Å²) in [6, 6.07) is 7.00. The SMILES string of the molecule is CC(C)(C)OC(=O)N1CCC2(CC(=O)c3ccccc3O2)CC1F. The zero-order valence-electron chi connectivity index (χ0n) is 14.2. The first-order valence-electron chi connectivity index (χ1n) is 8.14. The fraction of sp³-hybridized carbons (Fsp3) is 0.556. The molecule has 0 aromatic heterocycles. The summed E-state index contributed by atoms with van der Waals surface area (Å²) in [5, 5.41) is 0. The van der Waals surface area contributed by atoms with Crippen molar-refractivity contribution in [2.75, 3.05) is 6.54 Å². The molecule has 1 saturated heterocycles. The molecule has 3 rings (SSSR count). The van der Waals surface area contributed by atoms with Crippen molar-refractivity contribution in [2.45, 2.75) is 57.5 Å². The molecular weight excluding hydrogens is 313 g/mol. The molecule has 1 aromatic rings. The van der Waals surface area contributed by atoms with Crippen molar-refractivity contribution < 1.29 is 23.5 Å². The molecule has 1 fully saturated rings. The quantitative estimate of drug-likeness (QED) is 0.678. The number of hydrogen-bond acceptors (Lipinski definition) is 4. The van der Waals surface area contributed by atoms with Crippen LogP contribution in [-0.4, -0.2) is 40.8 Å². The van der Waals surface area contributed by atoms with E-state index in [1.165, 1.54) is 0 Å². The summed E-state index contributed by atoms with van der Waals surface area (Å²) in [5.74, 6) is 0.446. The number of piperidine rings is 1. The first-order valence-corrected chi connectivity index (χ1v) is 8.14. The molecule has 0 aliphatic carbocycles. The number of nitrogens with zero attached hydrogens (tertiary/aromatic N) is 1. The third-order valence-corrected chi connectivity index (χ3v) is 4.31. The third-order valence-electron chi connectivity index (χ3n) is 4.31. The van der Waals surface area contributed by atoms with Gasteiger partial charge in [-0.05, 0) is 32.9 Å². The van der Waals surface area contributed by atoms with Crippen LogP contribution in [0.3, 0.4) is 0 Å². The largest absolute Gasteiger partial charge is 0.486 e. The minimum absolute atomic E-state index is 0.0354. The second-order valence-electron chi connectivity index (χ2n) is 7.44. The van der Waals surface area contributed by atoms with Gasteiger partial charge in [-0.15, -0.1) is 0 Å². The number of benzene rings is 1. The van der Waals surface area contributed by atoms with Crippen LogP contribution < -0.4 is 4.74 Å². The maximum atomic E-state index is 14.6. The first kappa shape index (κ1) is 16.7. The van der Waals surface area contributed by atoms with E-state index in [0.29, 0.717) is 17.7 Å². The van der Waals surface area contributed by atoms with Crippen molar-refractivity contribution >= 4 is 11.9 Å². The van der Waals surface area contributed by atoms with Crippen molar-refractivity contribution in [2.24, 2.45) is 0 Å². The van der Waals surface area contributed by atoms with Crippen LogP contribution in [0.2, 0.25) is 0 Å². The van der Waals surface area contributed by atoms with E-state index in [0.717, 1.165) is 4.90 Å². The van der Waals surface area contributed by atoms with Crippen LogP contribution in [0.4, 0.5) is 9.18 Å². The zero-order valence-corrected chi connectivity index (χ0v) is 14.2. The molecule has 2 unspecified atom stereocenters. The van der Waals surface area contributed by atoms with E-state index in [9.17, 15) is 14.0 Å². The Hall–Kier alpha value is -2.11. The number of Topliss-reactive ketones (excluding diaryl/α,β-unsaturated/α-hetero) is 1. The second-order valence-corrected chi connectivity index (χ2v) is 7.44. The fourth-order valence-electron chi connectivity index (χ4n) is 3.21. The van der Waals surface area contributed by atoms with Crippen molar-refractivity contribution in [1.29, 1.82) is 0 Å². The van der Waals surface area contributed by atoms with Gasteiger partial charge in [-0.25, -0.2) is 9.18 Å². The zero-order chi connectivity index (χ0) is 17.5. The number of likely N-dealkylation sites (tertiary alicyclic amines) is 1. The van der Waals surface area contributed by atoms with E-state index in [1.54, 1.807) is 45.0 Å². The second kappa shape index (κ2) is 5.76. The average Bonchev–Trinajstić information content (AvgIpc) is 2.45. The third kappa shape index (κ3) is 3.23. The highest BCUT2D eigenvalue weighted by Gasteiger charge is 2.48. The highest BCUT2D eigenvalue weighted by atomic mass is 19.1. The Morgan fingerprint density at radius 1 is 1.38 bits per heavy atom. The number of amides is 1. The molecular formula is C18H22FNO4. The Morgan fingerprint density at radius 2 is 2.08 bits per heavy atom. The van der Waals surface area contributed by atoms with Gasteiger partial charge in [-0.2, -0.15) is 0 Å². The molecule has 1 amide bonds. The number of fused-ring (bicyclic) bond motifs is 1. The van der Waals surface area contributed by atoms with E-state index < -0.39 is 23.6 Å².